The number of benzene rings is 1. The molecule has 2 heterocycles. The Hall–Kier alpha value is -2.17. The molecular weight excluding hydrogens is 451 g/mol. The molecular formula is C18H13ClF3NO4S2. The fourth-order valence-corrected chi connectivity index (χ4v) is 5.12. The molecule has 0 unspecified atom stereocenters. The van der Waals surface area contributed by atoms with Crippen molar-refractivity contribution >= 4 is 57.5 Å². The number of thiophene rings is 1. The van der Waals surface area contributed by atoms with Crippen LogP contribution in [0.2, 0.25) is 5.02 Å². The molecule has 0 aliphatic carbocycles. The molecule has 0 aliphatic rings. The lowest BCUT2D eigenvalue weighted by Gasteiger charge is -2.07. The number of carbonyl (C=O) groups is 2. The lowest BCUT2D eigenvalue weighted by atomic mass is 10.1. The molecule has 0 spiro atoms. The maximum Gasteiger partial charge on any atom is 0.447 e. The maximum atomic E-state index is 13.1. The van der Waals surface area contributed by atoms with E-state index >= 15 is 0 Å². The Morgan fingerprint density at radius 3 is 2.55 bits per heavy atom. The highest BCUT2D eigenvalue weighted by molar-refractivity contribution is 8.02. The van der Waals surface area contributed by atoms with Gasteiger partial charge in [-0.3, -0.25) is 14.2 Å². The summed E-state index contributed by atoms with van der Waals surface area (Å²) in [6.07, 6.45) is -0.380. The molecule has 0 saturated carbocycles. The number of aromatic nitrogens is 1. The first kappa shape index (κ1) is 21.5. The van der Waals surface area contributed by atoms with Crippen molar-refractivity contribution in [1.82, 2.24) is 4.57 Å². The van der Waals surface area contributed by atoms with Gasteiger partial charge in [-0.15, -0.1) is 11.3 Å². The van der Waals surface area contributed by atoms with E-state index in [0.29, 0.717) is 39.2 Å². The SMILES string of the molecule is COc1ccc2c(c1Cl)c(CC(=O)O)c(C)n2C(=O)c1ccc(SC(F)(F)F)s1. The fraction of sp³-hybridized carbons (Fsp3) is 0.222. The Kier molecular flexibility index (Phi) is 5.88. The van der Waals surface area contributed by atoms with Crippen molar-refractivity contribution in [2.45, 2.75) is 23.1 Å². The van der Waals surface area contributed by atoms with Gasteiger partial charge < -0.3 is 9.84 Å². The highest BCUT2D eigenvalue weighted by Crippen LogP contribution is 2.42. The number of carboxylic acids is 1. The van der Waals surface area contributed by atoms with Gasteiger partial charge in [-0.05, 0) is 48.5 Å². The number of alkyl halides is 3. The van der Waals surface area contributed by atoms with Gasteiger partial charge in [-0.1, -0.05) is 11.6 Å². The van der Waals surface area contributed by atoms with E-state index in [4.69, 9.17) is 16.3 Å². The number of carbonyl (C=O) groups excluding carboxylic acids is 1. The zero-order chi connectivity index (χ0) is 21.5. The first-order valence-electron chi connectivity index (χ1n) is 8.02. The van der Waals surface area contributed by atoms with Crippen LogP contribution in [-0.4, -0.2) is 34.2 Å². The third kappa shape index (κ3) is 4.24. The highest BCUT2D eigenvalue weighted by atomic mass is 35.5. The summed E-state index contributed by atoms with van der Waals surface area (Å²) in [5.74, 6) is -1.36. The molecule has 0 fully saturated rings. The number of thioether (sulfide) groups is 1. The van der Waals surface area contributed by atoms with E-state index in [1.54, 1.807) is 13.0 Å². The third-order valence-corrected chi connectivity index (χ3v) is 6.47. The minimum absolute atomic E-state index is 0.0691. The van der Waals surface area contributed by atoms with Crippen LogP contribution in [0.3, 0.4) is 0 Å². The van der Waals surface area contributed by atoms with Gasteiger partial charge in [0.25, 0.3) is 5.91 Å². The molecule has 1 N–H and O–H groups in total. The van der Waals surface area contributed by atoms with E-state index in [-0.39, 0.29) is 32.3 Å². The normalized spacial score (nSPS) is 11.8. The van der Waals surface area contributed by atoms with E-state index in [9.17, 15) is 27.9 Å². The quantitative estimate of drug-likeness (QED) is 0.499. The van der Waals surface area contributed by atoms with E-state index < -0.39 is 17.4 Å². The second-order valence-corrected chi connectivity index (χ2v) is 8.74. The molecule has 1 aromatic carbocycles. The fourth-order valence-electron chi connectivity index (χ4n) is 3.02. The summed E-state index contributed by atoms with van der Waals surface area (Å²) in [5, 5.41) is 9.79. The summed E-state index contributed by atoms with van der Waals surface area (Å²) in [4.78, 5) is 24.5. The van der Waals surface area contributed by atoms with Crippen molar-refractivity contribution in [3.8, 4) is 5.75 Å². The molecule has 3 aromatic rings. The van der Waals surface area contributed by atoms with Crippen molar-refractivity contribution in [2.24, 2.45) is 0 Å². The minimum atomic E-state index is -4.46. The van der Waals surface area contributed by atoms with Crippen LogP contribution < -0.4 is 4.74 Å². The van der Waals surface area contributed by atoms with Crippen LogP contribution in [0.25, 0.3) is 10.9 Å². The van der Waals surface area contributed by atoms with Crippen LogP contribution in [0.4, 0.5) is 13.2 Å². The summed E-state index contributed by atoms with van der Waals surface area (Å²) in [6.45, 7) is 1.57. The highest BCUT2D eigenvalue weighted by Gasteiger charge is 2.31. The molecule has 154 valence electrons. The Labute approximate surface area is 176 Å². The van der Waals surface area contributed by atoms with E-state index in [1.165, 1.54) is 29.9 Å². The Bertz CT molecular complexity index is 1120. The number of hydrogen-bond donors (Lipinski definition) is 1. The largest absolute Gasteiger partial charge is 0.495 e. The maximum absolute atomic E-state index is 13.1. The minimum Gasteiger partial charge on any atom is -0.495 e. The number of halogens is 4. The number of carboxylic acid groups (broad SMARTS) is 1. The first-order valence-corrected chi connectivity index (χ1v) is 10.0. The average molecular weight is 464 g/mol. The van der Waals surface area contributed by atoms with Crippen LogP contribution in [0.15, 0.2) is 28.5 Å². The Balaban J connectivity index is 2.16. The van der Waals surface area contributed by atoms with E-state index in [0.717, 1.165) is 0 Å². The molecule has 0 aliphatic heterocycles. The summed E-state index contributed by atoms with van der Waals surface area (Å²) in [7, 11) is 1.41. The summed E-state index contributed by atoms with van der Waals surface area (Å²) in [6, 6.07) is 5.65. The molecule has 11 heteroatoms. The van der Waals surface area contributed by atoms with Gasteiger partial charge in [0.1, 0.15) is 5.75 Å². The molecule has 0 atom stereocenters. The summed E-state index contributed by atoms with van der Waals surface area (Å²) in [5.41, 5.74) is -3.42. The second kappa shape index (κ2) is 7.92. The van der Waals surface area contributed by atoms with Crippen molar-refractivity contribution in [2.75, 3.05) is 7.11 Å². The van der Waals surface area contributed by atoms with Crippen LogP contribution in [-0.2, 0) is 11.2 Å². The number of rotatable bonds is 5. The number of fused-ring (bicyclic) bond motifs is 1. The van der Waals surface area contributed by atoms with Crippen molar-refractivity contribution < 1.29 is 32.6 Å². The van der Waals surface area contributed by atoms with Gasteiger partial charge >= 0.3 is 11.5 Å². The molecule has 0 bridgehead atoms. The van der Waals surface area contributed by atoms with Crippen LogP contribution in [0.1, 0.15) is 20.9 Å². The van der Waals surface area contributed by atoms with E-state index in [2.05, 4.69) is 0 Å². The van der Waals surface area contributed by atoms with Gasteiger partial charge in [0.05, 0.1) is 33.2 Å². The Morgan fingerprint density at radius 1 is 1.28 bits per heavy atom. The Morgan fingerprint density at radius 2 is 1.97 bits per heavy atom. The van der Waals surface area contributed by atoms with Crippen molar-refractivity contribution in [1.29, 1.82) is 0 Å². The number of methoxy groups -OCH3 is 1. The number of hydrogen-bond acceptors (Lipinski definition) is 5. The van der Waals surface area contributed by atoms with Crippen molar-refractivity contribution in [3.63, 3.8) is 0 Å². The van der Waals surface area contributed by atoms with Crippen molar-refractivity contribution in [3.05, 3.63) is 45.4 Å². The van der Waals surface area contributed by atoms with Crippen LogP contribution in [0.5, 0.6) is 5.75 Å². The summed E-state index contributed by atoms with van der Waals surface area (Å²) >= 11 is 6.79. The monoisotopic (exact) mass is 463 g/mol. The topological polar surface area (TPSA) is 68.5 Å². The average Bonchev–Trinajstić information content (AvgIpc) is 3.16. The smallest absolute Gasteiger partial charge is 0.447 e. The molecule has 0 radical (unpaired) electrons. The standard InChI is InChI=1S/C18H13ClF3NO4S2/c1-8-9(7-13(24)25)15-10(3-4-11(27-2)16(15)19)23(8)17(26)12-5-6-14(28-12)29-18(20,21)22/h3-6H,7H2,1-2H3,(H,24,25). The van der Waals surface area contributed by atoms with Crippen LogP contribution in [0, 0.1) is 6.92 Å². The lowest BCUT2D eigenvalue weighted by Crippen LogP contribution is -2.12. The number of ether oxygens (including phenoxy) is 1. The van der Waals surface area contributed by atoms with Gasteiger partial charge in [-0.2, -0.15) is 13.2 Å². The van der Waals surface area contributed by atoms with Gasteiger partial charge in [0.15, 0.2) is 0 Å². The van der Waals surface area contributed by atoms with Gasteiger partial charge in [0.2, 0.25) is 0 Å². The molecule has 29 heavy (non-hydrogen) atoms. The molecule has 3 rings (SSSR count). The zero-order valence-electron chi connectivity index (χ0n) is 15.0. The number of aliphatic carboxylic acids is 1. The van der Waals surface area contributed by atoms with E-state index in [1.807, 2.05) is 0 Å². The lowest BCUT2D eigenvalue weighted by molar-refractivity contribution is -0.136. The zero-order valence-corrected chi connectivity index (χ0v) is 17.4. The summed E-state index contributed by atoms with van der Waals surface area (Å²) < 4.78 is 44.1. The first-order chi connectivity index (χ1) is 13.5. The van der Waals surface area contributed by atoms with Crippen LogP contribution >= 0.6 is 34.7 Å². The third-order valence-electron chi connectivity index (χ3n) is 4.16. The number of nitrogens with zero attached hydrogens (tertiary/aromatic N) is 1. The van der Waals surface area contributed by atoms with Gasteiger partial charge in [-0.25, -0.2) is 0 Å². The predicted octanol–water partition coefficient (Wildman–Crippen LogP) is 5.60. The molecule has 2 aromatic heterocycles. The molecule has 0 saturated heterocycles. The molecule has 5 nitrogen and oxygen atoms in total. The second-order valence-electron chi connectivity index (χ2n) is 5.92. The van der Waals surface area contributed by atoms with Gasteiger partial charge in [0, 0.05) is 11.1 Å². The molecule has 0 amide bonds. The predicted molar refractivity (Wildman–Crippen MR) is 106 cm³/mol.